The van der Waals surface area contributed by atoms with Gasteiger partial charge in [-0.3, -0.25) is 4.68 Å². The first-order chi connectivity index (χ1) is 9.47. The Labute approximate surface area is 124 Å². The molecule has 0 radical (unpaired) electrons. The van der Waals surface area contributed by atoms with E-state index in [-0.39, 0.29) is 0 Å². The van der Waals surface area contributed by atoms with Crippen LogP contribution in [0.4, 0.5) is 5.82 Å². The van der Waals surface area contributed by atoms with Crippen LogP contribution >= 0.6 is 11.6 Å². The molecular weight excluding hydrogens is 274 g/mol. The molecule has 0 amide bonds. The Balaban J connectivity index is 2.03. The lowest BCUT2D eigenvalue weighted by Gasteiger charge is -2.14. The van der Waals surface area contributed by atoms with Gasteiger partial charge < -0.3 is 10.5 Å². The van der Waals surface area contributed by atoms with Gasteiger partial charge in [-0.1, -0.05) is 25.4 Å². The Morgan fingerprint density at radius 2 is 2.15 bits per heavy atom. The van der Waals surface area contributed by atoms with Crippen LogP contribution in [0.5, 0.6) is 5.75 Å². The summed E-state index contributed by atoms with van der Waals surface area (Å²) in [6.07, 6.45) is 1.84. The number of nitrogens with zero attached hydrogens (tertiary/aromatic N) is 2. The summed E-state index contributed by atoms with van der Waals surface area (Å²) in [6.45, 7) is 7.44. The van der Waals surface area contributed by atoms with Gasteiger partial charge in [-0.2, -0.15) is 5.10 Å². The zero-order valence-corrected chi connectivity index (χ0v) is 12.8. The van der Waals surface area contributed by atoms with Crippen LogP contribution in [0.15, 0.2) is 24.4 Å². The summed E-state index contributed by atoms with van der Waals surface area (Å²) in [5, 5.41) is 4.91. The fourth-order valence-electron chi connectivity index (χ4n) is 2.02. The number of hydrogen-bond donors (Lipinski definition) is 1. The molecule has 0 saturated heterocycles. The molecule has 2 N–H and O–H groups in total. The van der Waals surface area contributed by atoms with E-state index < -0.39 is 0 Å². The number of benzene rings is 1. The number of aryl methyl sites for hydroxylation is 1. The van der Waals surface area contributed by atoms with E-state index in [1.54, 1.807) is 10.7 Å². The zero-order chi connectivity index (χ0) is 14.7. The summed E-state index contributed by atoms with van der Waals surface area (Å²) in [5.74, 6) is 1.77. The van der Waals surface area contributed by atoms with Crippen molar-refractivity contribution in [3.05, 3.63) is 40.5 Å². The number of halogens is 1. The number of ether oxygens (including phenoxy) is 1. The van der Waals surface area contributed by atoms with Crippen molar-refractivity contribution in [1.82, 2.24) is 9.78 Å². The van der Waals surface area contributed by atoms with E-state index in [9.17, 15) is 0 Å². The molecule has 0 fully saturated rings. The first kappa shape index (κ1) is 14.7. The minimum atomic E-state index is 0.372. The maximum atomic E-state index is 6.25. The smallest absolute Gasteiger partial charge is 0.145 e. The van der Waals surface area contributed by atoms with Crippen LogP contribution in [-0.2, 0) is 6.54 Å². The van der Waals surface area contributed by atoms with Crippen LogP contribution in [0.3, 0.4) is 0 Å². The molecule has 4 nitrogen and oxygen atoms in total. The third-order valence-corrected chi connectivity index (χ3v) is 3.48. The largest absolute Gasteiger partial charge is 0.491 e. The van der Waals surface area contributed by atoms with Crippen molar-refractivity contribution in [1.29, 1.82) is 0 Å². The topological polar surface area (TPSA) is 53.1 Å². The zero-order valence-electron chi connectivity index (χ0n) is 12.1. The number of aromatic nitrogens is 2. The molecule has 0 bridgehead atoms. The fourth-order valence-corrected chi connectivity index (χ4v) is 2.45. The highest BCUT2D eigenvalue weighted by Gasteiger charge is 2.10. The SMILES string of the molecule is Cc1cc(Cl)c(C(C)C)cc1OCCn1ccc(N)n1. The highest BCUT2D eigenvalue weighted by Crippen LogP contribution is 2.31. The molecule has 1 aromatic carbocycles. The van der Waals surface area contributed by atoms with Gasteiger partial charge in [0.05, 0.1) is 6.54 Å². The molecule has 1 heterocycles. The summed E-state index contributed by atoms with van der Waals surface area (Å²) >= 11 is 6.25. The molecule has 0 atom stereocenters. The van der Waals surface area contributed by atoms with Crippen molar-refractivity contribution in [3.63, 3.8) is 0 Å². The molecule has 0 aliphatic rings. The van der Waals surface area contributed by atoms with E-state index in [4.69, 9.17) is 22.1 Å². The van der Waals surface area contributed by atoms with E-state index in [0.717, 1.165) is 21.9 Å². The lowest BCUT2D eigenvalue weighted by molar-refractivity contribution is 0.289. The monoisotopic (exact) mass is 293 g/mol. The van der Waals surface area contributed by atoms with Gasteiger partial charge in [0.25, 0.3) is 0 Å². The second-order valence-electron chi connectivity index (χ2n) is 5.15. The van der Waals surface area contributed by atoms with E-state index in [0.29, 0.717) is 24.9 Å². The summed E-state index contributed by atoms with van der Waals surface area (Å²) < 4.78 is 7.60. The molecule has 0 spiro atoms. The molecule has 0 saturated carbocycles. The Bertz CT molecular complexity index is 593. The maximum absolute atomic E-state index is 6.25. The van der Waals surface area contributed by atoms with E-state index in [2.05, 4.69) is 18.9 Å². The molecule has 2 rings (SSSR count). The van der Waals surface area contributed by atoms with Gasteiger partial charge in [0.1, 0.15) is 18.2 Å². The van der Waals surface area contributed by atoms with Gasteiger partial charge >= 0.3 is 0 Å². The molecule has 0 aliphatic heterocycles. The van der Waals surface area contributed by atoms with Gasteiger partial charge in [-0.05, 0) is 42.2 Å². The second kappa shape index (κ2) is 6.18. The van der Waals surface area contributed by atoms with Crippen molar-refractivity contribution in [2.45, 2.75) is 33.2 Å². The van der Waals surface area contributed by atoms with Gasteiger partial charge in [-0.15, -0.1) is 0 Å². The number of anilines is 1. The first-order valence-corrected chi connectivity index (χ1v) is 7.07. The number of nitrogen functional groups attached to an aromatic ring is 1. The molecule has 0 unspecified atom stereocenters. The molecule has 5 heteroatoms. The normalized spacial score (nSPS) is 11.1. The summed E-state index contributed by atoms with van der Waals surface area (Å²) in [7, 11) is 0. The summed E-state index contributed by atoms with van der Waals surface area (Å²) in [4.78, 5) is 0. The maximum Gasteiger partial charge on any atom is 0.145 e. The quantitative estimate of drug-likeness (QED) is 0.916. The third kappa shape index (κ3) is 3.45. The van der Waals surface area contributed by atoms with E-state index in [1.165, 1.54) is 0 Å². The lowest BCUT2D eigenvalue weighted by atomic mass is 10.0. The van der Waals surface area contributed by atoms with Crippen LogP contribution in [0.1, 0.15) is 30.9 Å². The van der Waals surface area contributed by atoms with Crippen LogP contribution in [0.25, 0.3) is 0 Å². The van der Waals surface area contributed by atoms with E-state index in [1.807, 2.05) is 25.3 Å². The van der Waals surface area contributed by atoms with Gasteiger partial charge in [-0.25, -0.2) is 0 Å². The molecule has 1 aromatic heterocycles. The number of hydrogen-bond acceptors (Lipinski definition) is 3. The van der Waals surface area contributed by atoms with Crippen LogP contribution in [-0.4, -0.2) is 16.4 Å². The average Bonchev–Trinajstić information content (AvgIpc) is 2.77. The minimum absolute atomic E-state index is 0.372. The Kier molecular flexibility index (Phi) is 4.55. The highest BCUT2D eigenvalue weighted by atomic mass is 35.5. The molecular formula is C15H20ClN3O. The minimum Gasteiger partial charge on any atom is -0.491 e. The van der Waals surface area contributed by atoms with Crippen molar-refractivity contribution >= 4 is 17.4 Å². The van der Waals surface area contributed by atoms with Gasteiger partial charge in [0.15, 0.2) is 0 Å². The van der Waals surface area contributed by atoms with Crippen LogP contribution in [0.2, 0.25) is 5.02 Å². The highest BCUT2D eigenvalue weighted by molar-refractivity contribution is 6.31. The van der Waals surface area contributed by atoms with Crippen molar-refractivity contribution in [2.75, 3.05) is 12.3 Å². The van der Waals surface area contributed by atoms with Gasteiger partial charge in [0, 0.05) is 11.2 Å². The number of rotatable bonds is 5. The van der Waals surface area contributed by atoms with Crippen LogP contribution in [0, 0.1) is 6.92 Å². The summed E-state index contributed by atoms with van der Waals surface area (Å²) in [5.41, 5.74) is 7.72. The predicted octanol–water partition coefficient (Wildman–Crippen LogP) is 3.63. The second-order valence-corrected chi connectivity index (χ2v) is 5.55. The number of nitrogens with two attached hydrogens (primary N) is 1. The Hall–Kier alpha value is -1.68. The molecule has 2 aromatic rings. The lowest BCUT2D eigenvalue weighted by Crippen LogP contribution is -2.10. The Morgan fingerprint density at radius 3 is 2.75 bits per heavy atom. The fraction of sp³-hybridized carbons (Fsp3) is 0.400. The third-order valence-electron chi connectivity index (χ3n) is 3.16. The van der Waals surface area contributed by atoms with Crippen molar-refractivity contribution < 1.29 is 4.74 Å². The molecule has 20 heavy (non-hydrogen) atoms. The predicted molar refractivity (Wildman–Crippen MR) is 82.4 cm³/mol. The van der Waals surface area contributed by atoms with E-state index >= 15 is 0 Å². The van der Waals surface area contributed by atoms with Crippen molar-refractivity contribution in [3.8, 4) is 5.75 Å². The molecule has 108 valence electrons. The summed E-state index contributed by atoms with van der Waals surface area (Å²) in [6, 6.07) is 5.75. The molecule has 0 aliphatic carbocycles. The van der Waals surface area contributed by atoms with Gasteiger partial charge in [0.2, 0.25) is 0 Å². The Morgan fingerprint density at radius 1 is 1.40 bits per heavy atom. The first-order valence-electron chi connectivity index (χ1n) is 6.69. The van der Waals surface area contributed by atoms with Crippen LogP contribution < -0.4 is 10.5 Å². The van der Waals surface area contributed by atoms with Crippen molar-refractivity contribution in [2.24, 2.45) is 0 Å². The average molecular weight is 294 g/mol. The standard InChI is InChI=1S/C15H20ClN3O/c1-10(2)12-9-14(11(3)8-13(12)16)20-7-6-19-5-4-15(17)18-19/h4-5,8-10H,6-7H2,1-3H3,(H2,17,18).